The molecule has 6 heteroatoms. The molecule has 0 spiro atoms. The monoisotopic (exact) mass is 434 g/mol. The molecule has 4 aliphatic carbocycles. The summed E-state index contributed by atoms with van der Waals surface area (Å²) >= 11 is 0. The molecule has 5 rings (SSSR count). The zero-order valence-corrected chi connectivity index (χ0v) is 19.2. The third-order valence-electron chi connectivity index (χ3n) is 9.53. The van der Waals surface area contributed by atoms with Crippen LogP contribution in [0.5, 0.6) is 0 Å². The molecule has 0 aromatic carbocycles. The van der Waals surface area contributed by atoms with Gasteiger partial charge < -0.3 is 19.3 Å². The standard InChI is InChI=1S/C25H35FO5/c1-21(2)30-19-12-17-16-10-9-15-8-6-7-11-22(15,3)25(16,26)18(27)13-23(17,4)24(19,31-21)14-20(28)29-5/h7-8,11,16-19,27H,6,9-10,12-14H2,1-5H3/t16-,17-,18-,19?,22-,23-,24+,25-/m0/s1. The molecule has 4 fully saturated rings. The van der Waals surface area contributed by atoms with Crippen LogP contribution in [0.3, 0.4) is 0 Å². The van der Waals surface area contributed by atoms with Crippen LogP contribution in [0.4, 0.5) is 4.39 Å². The summed E-state index contributed by atoms with van der Waals surface area (Å²) in [7, 11) is 1.37. The van der Waals surface area contributed by atoms with Crippen LogP contribution >= 0.6 is 0 Å². The number of halogens is 1. The van der Waals surface area contributed by atoms with Gasteiger partial charge in [0, 0.05) is 16.7 Å². The van der Waals surface area contributed by atoms with E-state index in [-0.39, 0.29) is 36.8 Å². The van der Waals surface area contributed by atoms with E-state index >= 15 is 4.39 Å². The number of esters is 1. The molecule has 1 heterocycles. The lowest BCUT2D eigenvalue weighted by molar-refractivity contribution is -0.251. The first-order chi connectivity index (χ1) is 14.4. The number of rotatable bonds is 2. The van der Waals surface area contributed by atoms with Crippen LogP contribution in [0.1, 0.15) is 66.2 Å². The van der Waals surface area contributed by atoms with Gasteiger partial charge in [0.05, 0.1) is 25.7 Å². The van der Waals surface area contributed by atoms with Crippen molar-refractivity contribution in [3.05, 3.63) is 23.8 Å². The van der Waals surface area contributed by atoms with Gasteiger partial charge >= 0.3 is 5.97 Å². The van der Waals surface area contributed by atoms with E-state index in [4.69, 9.17) is 14.2 Å². The van der Waals surface area contributed by atoms with Gasteiger partial charge in [0.2, 0.25) is 0 Å². The van der Waals surface area contributed by atoms with Crippen LogP contribution in [0, 0.1) is 22.7 Å². The van der Waals surface area contributed by atoms with Crippen molar-refractivity contribution in [2.45, 2.75) is 95.5 Å². The molecular weight excluding hydrogens is 399 g/mol. The maximum absolute atomic E-state index is 17.2. The van der Waals surface area contributed by atoms with Gasteiger partial charge in [-0.3, -0.25) is 4.79 Å². The van der Waals surface area contributed by atoms with E-state index in [9.17, 15) is 9.90 Å². The Morgan fingerprint density at radius 2 is 2.03 bits per heavy atom. The Morgan fingerprint density at radius 1 is 1.29 bits per heavy atom. The van der Waals surface area contributed by atoms with Gasteiger partial charge in [-0.1, -0.05) is 30.7 Å². The van der Waals surface area contributed by atoms with E-state index in [1.165, 1.54) is 7.11 Å². The fourth-order valence-electron chi connectivity index (χ4n) is 8.18. The van der Waals surface area contributed by atoms with Crippen LogP contribution in [0.25, 0.3) is 0 Å². The summed E-state index contributed by atoms with van der Waals surface area (Å²) in [6.45, 7) is 7.72. The van der Waals surface area contributed by atoms with Gasteiger partial charge in [-0.25, -0.2) is 4.39 Å². The number of aliphatic hydroxyl groups excluding tert-OH is 1. The molecule has 1 saturated heterocycles. The minimum absolute atomic E-state index is 0.0473. The molecule has 31 heavy (non-hydrogen) atoms. The average molecular weight is 435 g/mol. The first kappa shape index (κ1) is 21.6. The lowest BCUT2D eigenvalue weighted by Crippen LogP contribution is -2.68. The summed E-state index contributed by atoms with van der Waals surface area (Å²) in [5.74, 6) is -1.60. The highest BCUT2D eigenvalue weighted by atomic mass is 19.1. The van der Waals surface area contributed by atoms with Crippen molar-refractivity contribution in [3.8, 4) is 0 Å². The van der Waals surface area contributed by atoms with E-state index in [0.29, 0.717) is 12.8 Å². The SMILES string of the molecule is COC(=O)C[C@@]12OC(C)(C)OC1C[C@H]1[C@@H]3CCC4=CCC=C[C@]4(C)[C@@]3(F)[C@@H](O)C[C@@]12C. The summed E-state index contributed by atoms with van der Waals surface area (Å²) in [4.78, 5) is 12.5. The highest BCUT2D eigenvalue weighted by Gasteiger charge is 2.78. The minimum atomic E-state index is -1.75. The molecule has 0 radical (unpaired) electrons. The fourth-order valence-corrected chi connectivity index (χ4v) is 8.18. The van der Waals surface area contributed by atoms with E-state index in [2.05, 4.69) is 13.0 Å². The lowest BCUT2D eigenvalue weighted by atomic mass is 9.44. The number of aliphatic hydroxyl groups is 1. The zero-order chi connectivity index (χ0) is 22.4. The van der Waals surface area contributed by atoms with Crippen molar-refractivity contribution >= 4 is 5.97 Å². The lowest BCUT2D eigenvalue weighted by Gasteiger charge is -2.63. The molecule has 8 atom stereocenters. The number of fused-ring (bicyclic) bond motifs is 7. The molecule has 1 N–H and O–H groups in total. The van der Waals surface area contributed by atoms with E-state index in [1.54, 1.807) is 0 Å². The summed E-state index contributed by atoms with van der Waals surface area (Å²) in [5.41, 5.74) is -2.99. The quantitative estimate of drug-likeness (QED) is 0.520. The predicted octanol–water partition coefficient (Wildman–Crippen LogP) is 4.24. The second kappa shape index (κ2) is 6.42. The molecule has 0 bridgehead atoms. The van der Waals surface area contributed by atoms with Crippen molar-refractivity contribution in [3.63, 3.8) is 0 Å². The van der Waals surface area contributed by atoms with E-state index in [1.807, 2.05) is 32.9 Å². The number of hydrogen-bond acceptors (Lipinski definition) is 5. The number of hydrogen-bond donors (Lipinski definition) is 1. The average Bonchev–Trinajstić information content (AvgIpc) is 3.07. The molecule has 0 aromatic heterocycles. The maximum atomic E-state index is 17.2. The van der Waals surface area contributed by atoms with Crippen molar-refractivity contribution in [1.82, 2.24) is 0 Å². The second-order valence-electron chi connectivity index (χ2n) is 11.2. The van der Waals surface area contributed by atoms with Crippen LogP contribution in [0.15, 0.2) is 23.8 Å². The number of alkyl halides is 1. The van der Waals surface area contributed by atoms with Gasteiger partial charge in [0.25, 0.3) is 0 Å². The van der Waals surface area contributed by atoms with Gasteiger partial charge in [-0.05, 0) is 58.8 Å². The number of carbonyl (C=O) groups excluding carboxylic acids is 1. The molecule has 3 saturated carbocycles. The molecule has 1 unspecified atom stereocenters. The van der Waals surface area contributed by atoms with Gasteiger partial charge in [-0.2, -0.15) is 0 Å². The second-order valence-corrected chi connectivity index (χ2v) is 11.2. The molecular formula is C25H35FO5. The van der Waals surface area contributed by atoms with Crippen LogP contribution in [0.2, 0.25) is 0 Å². The smallest absolute Gasteiger partial charge is 0.308 e. The van der Waals surface area contributed by atoms with Crippen LogP contribution in [-0.4, -0.2) is 47.5 Å². The van der Waals surface area contributed by atoms with Gasteiger partial charge in [0.15, 0.2) is 11.5 Å². The Balaban J connectivity index is 1.61. The largest absolute Gasteiger partial charge is 0.469 e. The van der Waals surface area contributed by atoms with Crippen molar-refractivity contribution in [2.75, 3.05) is 7.11 Å². The third kappa shape index (κ3) is 2.50. The van der Waals surface area contributed by atoms with Gasteiger partial charge in [0.1, 0.15) is 5.60 Å². The van der Waals surface area contributed by atoms with Crippen molar-refractivity contribution in [1.29, 1.82) is 0 Å². The molecule has 1 aliphatic heterocycles. The number of carbonyl (C=O) groups is 1. The summed E-state index contributed by atoms with van der Waals surface area (Å²) in [6.07, 6.45) is 7.89. The predicted molar refractivity (Wildman–Crippen MR) is 113 cm³/mol. The Kier molecular flexibility index (Phi) is 4.47. The molecule has 172 valence electrons. The van der Waals surface area contributed by atoms with Crippen LogP contribution < -0.4 is 0 Å². The highest BCUT2D eigenvalue weighted by Crippen LogP contribution is 2.72. The Morgan fingerprint density at radius 3 is 2.74 bits per heavy atom. The van der Waals surface area contributed by atoms with E-state index < -0.39 is 34.0 Å². The molecule has 0 amide bonds. The number of allylic oxidation sites excluding steroid dienone is 4. The first-order valence-corrected chi connectivity index (χ1v) is 11.6. The highest BCUT2D eigenvalue weighted by molar-refractivity contribution is 5.71. The maximum Gasteiger partial charge on any atom is 0.308 e. The van der Waals surface area contributed by atoms with Crippen molar-refractivity contribution in [2.24, 2.45) is 22.7 Å². The summed E-state index contributed by atoms with van der Waals surface area (Å²) in [6, 6.07) is 0. The fraction of sp³-hybridized carbons (Fsp3) is 0.800. The first-order valence-electron chi connectivity index (χ1n) is 11.6. The van der Waals surface area contributed by atoms with E-state index in [0.717, 1.165) is 18.4 Å². The third-order valence-corrected chi connectivity index (χ3v) is 9.53. The molecule has 0 aromatic rings. The zero-order valence-electron chi connectivity index (χ0n) is 19.2. The molecule has 5 nitrogen and oxygen atoms in total. The normalized spacial score (nSPS) is 51.9. The Labute approximate surface area is 184 Å². The topological polar surface area (TPSA) is 65.0 Å². The molecule has 5 aliphatic rings. The Hall–Kier alpha value is -1.24. The van der Waals surface area contributed by atoms with Gasteiger partial charge in [-0.15, -0.1) is 0 Å². The minimum Gasteiger partial charge on any atom is -0.469 e. The number of ether oxygens (including phenoxy) is 3. The number of methoxy groups -OCH3 is 1. The summed E-state index contributed by atoms with van der Waals surface area (Å²) in [5, 5.41) is 11.5. The van der Waals surface area contributed by atoms with Crippen molar-refractivity contribution < 1.29 is 28.5 Å². The Bertz CT molecular complexity index is 866. The summed E-state index contributed by atoms with van der Waals surface area (Å²) < 4.78 is 35.0. The van der Waals surface area contributed by atoms with Crippen LogP contribution in [-0.2, 0) is 19.0 Å².